The van der Waals surface area contributed by atoms with E-state index in [4.69, 9.17) is 14.2 Å². The van der Waals surface area contributed by atoms with Crippen LogP contribution in [0.15, 0.2) is 0 Å². The van der Waals surface area contributed by atoms with Crippen molar-refractivity contribution in [2.24, 2.45) is 47.3 Å². The number of morpholine rings is 1. The normalized spacial score (nSPS) is 15.4. The summed E-state index contributed by atoms with van der Waals surface area (Å²) in [5, 5.41) is 6.44. The highest BCUT2D eigenvalue weighted by atomic mass is 16.5. The molecule has 0 unspecified atom stereocenters. The molecular weight excluding hydrogens is 941 g/mol. The molecule has 7 aliphatic rings. The summed E-state index contributed by atoms with van der Waals surface area (Å²) in [6.07, 6.45) is 28.7. The minimum atomic E-state index is 0.833. The maximum Gasteiger partial charge on any atom is 0.0591 e. The average molecular weight is 1110 g/mol. The molecule has 0 amide bonds. The topological polar surface area (TPSA) is 51.8 Å². The van der Waals surface area contributed by atoms with Gasteiger partial charge in [0, 0.05) is 39.5 Å². The Morgan fingerprint density at radius 1 is 0.221 bits per heavy atom. The van der Waals surface area contributed by atoms with E-state index in [0.29, 0.717) is 0 Å². The number of ether oxygens (including phenoxy) is 3. The smallest absolute Gasteiger partial charge is 0.0591 e. The maximum absolute atomic E-state index is 5.07. The van der Waals surface area contributed by atoms with Crippen LogP contribution in [0.3, 0.4) is 0 Å². The second kappa shape index (κ2) is 123. The van der Waals surface area contributed by atoms with E-state index in [1.54, 1.807) is 0 Å². The predicted molar refractivity (Wildman–Crippen MR) is 371 cm³/mol. The van der Waals surface area contributed by atoms with Crippen LogP contribution in [-0.2, 0) is 14.2 Å². The van der Waals surface area contributed by atoms with Gasteiger partial charge in [-0.2, -0.15) is 0 Å². The number of nitrogens with one attached hydrogen (secondary N) is 2. The van der Waals surface area contributed by atoms with Gasteiger partial charge in [-0.15, -0.1) is 0 Å². The molecule has 3 saturated carbocycles. The van der Waals surface area contributed by atoms with Crippen molar-refractivity contribution >= 4 is 0 Å². The number of piperidine rings is 1. The summed E-state index contributed by atoms with van der Waals surface area (Å²) >= 11 is 0. The van der Waals surface area contributed by atoms with Gasteiger partial charge in [0.1, 0.15) is 0 Å². The van der Waals surface area contributed by atoms with Crippen LogP contribution in [0.1, 0.15) is 364 Å². The first-order valence-corrected chi connectivity index (χ1v) is 34.8. The highest BCUT2D eigenvalue weighted by Gasteiger charge is 2.24. The fraction of sp³-hybridized carbons (Fsp3) is 1.00. The van der Waals surface area contributed by atoms with Crippen LogP contribution in [-0.4, -0.2) is 65.8 Å². The molecule has 2 N–H and O–H groups in total. The van der Waals surface area contributed by atoms with Gasteiger partial charge in [-0.1, -0.05) is 306 Å². The summed E-state index contributed by atoms with van der Waals surface area (Å²) in [6, 6.07) is 0. The Bertz CT molecular complexity index is 511. The Hall–Kier alpha value is -0.200. The molecule has 0 radical (unpaired) electrons. The zero-order valence-electron chi connectivity index (χ0n) is 62.1. The van der Waals surface area contributed by atoms with Crippen molar-refractivity contribution in [3.8, 4) is 0 Å². The molecule has 0 bridgehead atoms. The van der Waals surface area contributed by atoms with Gasteiger partial charge in [-0.25, -0.2) is 0 Å². The van der Waals surface area contributed by atoms with Gasteiger partial charge in [0.25, 0.3) is 0 Å². The Balaban J connectivity index is -0.0000000516. The molecule has 4 aliphatic heterocycles. The molecule has 0 aromatic heterocycles. The second-order valence-corrected chi connectivity index (χ2v) is 22.7. The third-order valence-electron chi connectivity index (χ3n) is 8.02. The largest absolute Gasteiger partial charge is 0.381 e. The molecule has 0 aromatic carbocycles. The summed E-state index contributed by atoms with van der Waals surface area (Å²) in [6.45, 7) is 81.9. The van der Waals surface area contributed by atoms with E-state index in [-0.39, 0.29) is 0 Å². The second-order valence-electron chi connectivity index (χ2n) is 22.7. The average Bonchev–Trinajstić information content (AvgIpc) is 3.93. The van der Waals surface area contributed by atoms with Crippen molar-refractivity contribution in [2.45, 2.75) is 364 Å². The number of hydrogen-bond donors (Lipinski definition) is 2. The lowest BCUT2D eigenvalue weighted by molar-refractivity contribution is 0.0968. The van der Waals surface area contributed by atoms with Crippen molar-refractivity contribution in [1.29, 1.82) is 0 Å². The predicted octanol–water partition coefficient (Wildman–Crippen LogP) is 25.5. The van der Waals surface area contributed by atoms with Crippen molar-refractivity contribution in [3.05, 3.63) is 0 Å². The Labute approximate surface area is 499 Å². The standard InChI is InChI=1S/C6H12.C5H11N.C5H10O.2C5H10.C4H9NO.C4H8O.6C4H10.7C2H6/c1-5(2)6-3-4-6;2*1-2-4-6-5-3-1;2*1-2-4-5-3-1;1-3-6-4-2-5-1;1-2-4-5-3-1;6*1-4(2)3;7*1-2/h5-6H,3-4H2,1-2H3;6H,1-5H2;1-5H2;2*1-5H2;5H,1-4H2;1-4H2;6*4H,1-3H3;7*1-2H3. The van der Waals surface area contributed by atoms with Gasteiger partial charge in [0.2, 0.25) is 0 Å². The lowest BCUT2D eigenvalue weighted by Crippen LogP contribution is -2.30. The zero-order chi connectivity index (χ0) is 63.4. The molecule has 5 nitrogen and oxygen atoms in total. The van der Waals surface area contributed by atoms with Crippen LogP contribution < -0.4 is 10.6 Å². The fourth-order valence-corrected chi connectivity index (χ4v) is 5.05. The molecular formula is C72H172N2O3. The Morgan fingerprint density at radius 2 is 0.377 bits per heavy atom. The number of hydrogen-bond acceptors (Lipinski definition) is 5. The van der Waals surface area contributed by atoms with E-state index in [9.17, 15) is 0 Å². The van der Waals surface area contributed by atoms with Gasteiger partial charge in [-0.3, -0.25) is 0 Å². The Morgan fingerprint density at radius 3 is 0.442 bits per heavy atom. The third kappa shape index (κ3) is 261. The summed E-state index contributed by atoms with van der Waals surface area (Å²) in [7, 11) is 0. The first-order chi connectivity index (χ1) is 36.7. The van der Waals surface area contributed by atoms with Gasteiger partial charge >= 0.3 is 0 Å². The zero-order valence-corrected chi connectivity index (χ0v) is 62.1. The van der Waals surface area contributed by atoms with Crippen molar-refractivity contribution < 1.29 is 14.2 Å². The molecule has 3 aliphatic carbocycles. The Kier molecular flexibility index (Phi) is 173. The molecule has 77 heavy (non-hydrogen) atoms. The van der Waals surface area contributed by atoms with E-state index in [0.717, 1.165) is 100 Å². The van der Waals surface area contributed by atoms with Crippen molar-refractivity contribution in [2.75, 3.05) is 65.8 Å². The summed E-state index contributed by atoms with van der Waals surface area (Å²) in [5.74, 6) is 7.06. The van der Waals surface area contributed by atoms with E-state index in [1.807, 2.05) is 96.9 Å². The number of rotatable bonds is 1. The van der Waals surface area contributed by atoms with Crippen molar-refractivity contribution in [3.63, 3.8) is 0 Å². The summed E-state index contributed by atoms with van der Waals surface area (Å²) < 4.78 is 15.0. The van der Waals surface area contributed by atoms with Gasteiger partial charge in [0.15, 0.2) is 0 Å². The maximum atomic E-state index is 5.07. The van der Waals surface area contributed by atoms with Crippen LogP contribution in [0.25, 0.3) is 0 Å². The molecule has 0 spiro atoms. The van der Waals surface area contributed by atoms with Crippen LogP contribution in [0.2, 0.25) is 0 Å². The van der Waals surface area contributed by atoms with Crippen LogP contribution >= 0.6 is 0 Å². The minimum absolute atomic E-state index is 0.833. The lowest BCUT2D eigenvalue weighted by atomic mass is 10.1. The van der Waals surface area contributed by atoms with Gasteiger partial charge in [0.05, 0.1) is 13.2 Å². The first-order valence-electron chi connectivity index (χ1n) is 34.8. The first kappa shape index (κ1) is 108. The van der Waals surface area contributed by atoms with Crippen LogP contribution in [0.5, 0.6) is 0 Å². The van der Waals surface area contributed by atoms with E-state index in [1.165, 1.54) is 142 Å². The van der Waals surface area contributed by atoms with E-state index in [2.05, 4.69) is 149 Å². The summed E-state index contributed by atoms with van der Waals surface area (Å²) in [4.78, 5) is 0. The molecule has 4 heterocycles. The van der Waals surface area contributed by atoms with Crippen LogP contribution in [0, 0.1) is 47.3 Å². The quantitative estimate of drug-likeness (QED) is 0.274. The van der Waals surface area contributed by atoms with Crippen molar-refractivity contribution in [1.82, 2.24) is 10.6 Å². The third-order valence-corrected chi connectivity index (χ3v) is 8.02. The summed E-state index contributed by atoms with van der Waals surface area (Å²) in [5.41, 5.74) is 0. The fourth-order valence-electron chi connectivity index (χ4n) is 5.05. The van der Waals surface area contributed by atoms with E-state index < -0.39 is 0 Å². The highest BCUT2D eigenvalue weighted by molar-refractivity contribution is 4.75. The molecule has 5 heteroatoms. The monoisotopic (exact) mass is 1110 g/mol. The molecule has 7 rings (SSSR count). The molecule has 488 valence electrons. The molecule has 0 atom stereocenters. The molecule has 4 saturated heterocycles. The van der Waals surface area contributed by atoms with E-state index >= 15 is 0 Å². The SMILES string of the molecule is C1CCCC1.C1CCCC1.C1CCNCC1.C1CCOC1.C1CCOCC1.C1COCCN1.CC.CC.CC.CC.CC.CC.CC.CC(C)C.CC(C)C.CC(C)C.CC(C)C.CC(C)C.CC(C)C.CC(C)C1CC1. The van der Waals surface area contributed by atoms with Crippen LogP contribution in [0.4, 0.5) is 0 Å². The highest BCUT2D eigenvalue weighted by Crippen LogP contribution is 2.35. The minimum Gasteiger partial charge on any atom is -0.381 e. The molecule has 7 fully saturated rings. The van der Waals surface area contributed by atoms with Gasteiger partial charge in [-0.05, 0) is 118 Å². The lowest BCUT2D eigenvalue weighted by Gasteiger charge is -2.10. The molecule has 0 aromatic rings. The van der Waals surface area contributed by atoms with Gasteiger partial charge < -0.3 is 24.8 Å².